The number of rotatable bonds is 7. The Labute approximate surface area is 155 Å². The molecular weight excluding hydrogens is 421 g/mol. The van der Waals surface area contributed by atoms with Crippen LogP contribution in [0.1, 0.15) is 21.5 Å². The zero-order valence-corrected chi connectivity index (χ0v) is 16.0. The summed E-state index contributed by atoms with van der Waals surface area (Å²) in [7, 11) is 4.79. The third-order valence-corrected chi connectivity index (χ3v) is 4.40. The largest absolute Gasteiger partial charge is 0.493 e. The maximum atomic E-state index is 12.4. The first-order chi connectivity index (χ1) is 11.6. The molecule has 0 fully saturated rings. The van der Waals surface area contributed by atoms with Crippen LogP contribution < -0.4 is 14.8 Å². The molecule has 2 aromatic rings. The predicted octanol–water partition coefficient (Wildman–Crippen LogP) is 3.38. The number of carbonyl (C=O) groups is 1. The standard InChI is InChI=1S/C18H20INO4/c1-22-11-13-6-4-12(5-7-13)10-20-18(21)14-8-16(23-2)17(24-3)9-15(14)19/h4-9H,10-11H2,1-3H3,(H,20,21). The van der Waals surface area contributed by atoms with Crippen molar-refractivity contribution < 1.29 is 19.0 Å². The fourth-order valence-corrected chi connectivity index (χ4v) is 2.91. The smallest absolute Gasteiger partial charge is 0.252 e. The summed E-state index contributed by atoms with van der Waals surface area (Å²) in [6.45, 7) is 1.03. The van der Waals surface area contributed by atoms with Crippen molar-refractivity contribution in [1.82, 2.24) is 5.32 Å². The normalized spacial score (nSPS) is 10.3. The Kier molecular flexibility index (Phi) is 6.86. The summed E-state index contributed by atoms with van der Waals surface area (Å²) in [5.41, 5.74) is 2.69. The maximum Gasteiger partial charge on any atom is 0.252 e. The summed E-state index contributed by atoms with van der Waals surface area (Å²) in [6, 6.07) is 11.4. The molecule has 128 valence electrons. The van der Waals surface area contributed by atoms with Crippen molar-refractivity contribution in [2.24, 2.45) is 0 Å². The highest BCUT2D eigenvalue weighted by molar-refractivity contribution is 14.1. The first kappa shape index (κ1) is 18.5. The molecule has 0 radical (unpaired) electrons. The fourth-order valence-electron chi connectivity index (χ4n) is 2.23. The van der Waals surface area contributed by atoms with Crippen LogP contribution in [0.15, 0.2) is 36.4 Å². The number of ether oxygens (including phenoxy) is 3. The molecule has 0 aliphatic rings. The summed E-state index contributed by atoms with van der Waals surface area (Å²) in [5, 5.41) is 2.92. The van der Waals surface area contributed by atoms with Gasteiger partial charge in [-0.3, -0.25) is 4.79 Å². The molecule has 24 heavy (non-hydrogen) atoms. The molecule has 0 heterocycles. The zero-order chi connectivity index (χ0) is 17.5. The van der Waals surface area contributed by atoms with Crippen molar-refractivity contribution in [3.05, 3.63) is 56.7 Å². The number of methoxy groups -OCH3 is 3. The molecule has 0 spiro atoms. The summed E-state index contributed by atoms with van der Waals surface area (Å²) in [6.07, 6.45) is 0. The first-order valence-corrected chi connectivity index (χ1v) is 8.43. The van der Waals surface area contributed by atoms with Gasteiger partial charge in [-0.2, -0.15) is 0 Å². The third-order valence-electron chi connectivity index (χ3n) is 3.50. The number of halogens is 1. The van der Waals surface area contributed by atoms with E-state index in [0.717, 1.165) is 14.7 Å². The molecule has 0 saturated heterocycles. The molecule has 1 amide bonds. The van der Waals surface area contributed by atoms with E-state index in [2.05, 4.69) is 27.9 Å². The quantitative estimate of drug-likeness (QED) is 0.670. The van der Waals surface area contributed by atoms with Crippen LogP contribution in [0.5, 0.6) is 11.5 Å². The topological polar surface area (TPSA) is 56.8 Å². The highest BCUT2D eigenvalue weighted by Crippen LogP contribution is 2.31. The van der Waals surface area contributed by atoms with Crippen molar-refractivity contribution in [3.8, 4) is 11.5 Å². The lowest BCUT2D eigenvalue weighted by atomic mass is 10.1. The number of benzene rings is 2. The van der Waals surface area contributed by atoms with Gasteiger partial charge in [0.1, 0.15) is 0 Å². The van der Waals surface area contributed by atoms with Crippen molar-refractivity contribution in [2.45, 2.75) is 13.2 Å². The molecule has 0 saturated carbocycles. The van der Waals surface area contributed by atoms with Gasteiger partial charge in [0.15, 0.2) is 11.5 Å². The van der Waals surface area contributed by atoms with Gasteiger partial charge in [0.2, 0.25) is 0 Å². The molecule has 2 rings (SSSR count). The number of hydrogen-bond donors (Lipinski definition) is 1. The van der Waals surface area contributed by atoms with Crippen LogP contribution in [-0.4, -0.2) is 27.2 Å². The van der Waals surface area contributed by atoms with Crippen LogP contribution in [0.25, 0.3) is 0 Å². The average molecular weight is 441 g/mol. The lowest BCUT2D eigenvalue weighted by Gasteiger charge is -2.12. The van der Waals surface area contributed by atoms with Crippen LogP contribution in [0.4, 0.5) is 0 Å². The summed E-state index contributed by atoms with van der Waals surface area (Å²) in [4.78, 5) is 12.4. The molecule has 0 atom stereocenters. The Morgan fingerprint density at radius 3 is 2.17 bits per heavy atom. The minimum absolute atomic E-state index is 0.152. The van der Waals surface area contributed by atoms with Crippen LogP contribution in [-0.2, 0) is 17.9 Å². The molecule has 0 aliphatic heterocycles. The van der Waals surface area contributed by atoms with E-state index >= 15 is 0 Å². The number of carbonyl (C=O) groups excluding carboxylic acids is 1. The van der Waals surface area contributed by atoms with Gasteiger partial charge >= 0.3 is 0 Å². The summed E-state index contributed by atoms with van der Waals surface area (Å²) in [5.74, 6) is 0.987. The SMILES string of the molecule is COCc1ccc(CNC(=O)c2cc(OC)c(OC)cc2I)cc1. The second-order valence-corrected chi connectivity index (χ2v) is 6.28. The molecule has 0 bridgehead atoms. The van der Waals surface area contributed by atoms with Crippen LogP contribution in [0, 0.1) is 3.57 Å². The third kappa shape index (κ3) is 4.61. The van der Waals surface area contributed by atoms with Gasteiger partial charge in [-0.05, 0) is 45.9 Å². The summed E-state index contributed by atoms with van der Waals surface area (Å²) < 4.78 is 16.4. The maximum absolute atomic E-state index is 12.4. The average Bonchev–Trinajstić information content (AvgIpc) is 2.60. The monoisotopic (exact) mass is 441 g/mol. The van der Waals surface area contributed by atoms with E-state index in [0.29, 0.717) is 30.2 Å². The zero-order valence-electron chi connectivity index (χ0n) is 13.9. The molecule has 1 N–H and O–H groups in total. The molecule has 0 aliphatic carbocycles. The van der Waals surface area contributed by atoms with Crippen molar-refractivity contribution >= 4 is 28.5 Å². The highest BCUT2D eigenvalue weighted by atomic mass is 127. The van der Waals surface area contributed by atoms with E-state index in [4.69, 9.17) is 14.2 Å². The van der Waals surface area contributed by atoms with Gasteiger partial charge in [0.25, 0.3) is 5.91 Å². The lowest BCUT2D eigenvalue weighted by Crippen LogP contribution is -2.23. The number of hydrogen-bond acceptors (Lipinski definition) is 4. The Morgan fingerprint density at radius 2 is 1.58 bits per heavy atom. The van der Waals surface area contributed by atoms with Crippen LogP contribution >= 0.6 is 22.6 Å². The van der Waals surface area contributed by atoms with E-state index in [1.54, 1.807) is 33.5 Å². The predicted molar refractivity (Wildman–Crippen MR) is 101 cm³/mol. The molecule has 0 aromatic heterocycles. The molecule has 0 unspecified atom stereocenters. The molecular formula is C18H20INO4. The number of nitrogens with one attached hydrogen (secondary N) is 1. The van der Waals surface area contributed by atoms with Gasteiger partial charge < -0.3 is 19.5 Å². The van der Waals surface area contributed by atoms with Gasteiger partial charge in [0, 0.05) is 17.2 Å². The van der Waals surface area contributed by atoms with E-state index in [1.165, 1.54) is 0 Å². The summed E-state index contributed by atoms with van der Waals surface area (Å²) >= 11 is 2.12. The highest BCUT2D eigenvalue weighted by Gasteiger charge is 2.15. The van der Waals surface area contributed by atoms with Crippen molar-refractivity contribution in [1.29, 1.82) is 0 Å². The van der Waals surface area contributed by atoms with E-state index in [1.807, 2.05) is 24.3 Å². The second kappa shape index (κ2) is 8.89. The van der Waals surface area contributed by atoms with Crippen molar-refractivity contribution in [2.75, 3.05) is 21.3 Å². The van der Waals surface area contributed by atoms with E-state index in [9.17, 15) is 4.79 Å². The van der Waals surface area contributed by atoms with Crippen molar-refractivity contribution in [3.63, 3.8) is 0 Å². The van der Waals surface area contributed by atoms with Gasteiger partial charge in [0.05, 0.1) is 26.4 Å². The Bertz CT molecular complexity index is 701. The van der Waals surface area contributed by atoms with Gasteiger partial charge in [-0.1, -0.05) is 24.3 Å². The molecule has 5 nitrogen and oxygen atoms in total. The van der Waals surface area contributed by atoms with Crippen LogP contribution in [0.3, 0.4) is 0 Å². The molecule has 6 heteroatoms. The minimum atomic E-state index is -0.152. The second-order valence-electron chi connectivity index (χ2n) is 5.12. The fraction of sp³-hybridized carbons (Fsp3) is 0.278. The Balaban J connectivity index is 2.07. The minimum Gasteiger partial charge on any atom is -0.493 e. The molecule has 2 aromatic carbocycles. The van der Waals surface area contributed by atoms with Gasteiger partial charge in [-0.25, -0.2) is 0 Å². The van der Waals surface area contributed by atoms with Gasteiger partial charge in [-0.15, -0.1) is 0 Å². The Hall–Kier alpha value is -1.80. The Morgan fingerprint density at radius 1 is 1.00 bits per heavy atom. The van der Waals surface area contributed by atoms with E-state index < -0.39 is 0 Å². The lowest BCUT2D eigenvalue weighted by molar-refractivity contribution is 0.0949. The first-order valence-electron chi connectivity index (χ1n) is 7.35. The number of amides is 1. The van der Waals surface area contributed by atoms with E-state index in [-0.39, 0.29) is 5.91 Å². The van der Waals surface area contributed by atoms with Crippen LogP contribution in [0.2, 0.25) is 0 Å².